The van der Waals surface area contributed by atoms with Gasteiger partial charge >= 0.3 is 0 Å². The minimum atomic E-state index is -0.539. The second-order valence-electron chi connectivity index (χ2n) is 17.5. The fourth-order valence-electron chi connectivity index (χ4n) is 11.1. The molecule has 1 spiro atoms. The van der Waals surface area contributed by atoms with Gasteiger partial charge in [-0.05, 0) is 141 Å². The fourth-order valence-corrected chi connectivity index (χ4v) is 11.1. The maximum absolute atomic E-state index is 9.35. The summed E-state index contributed by atoms with van der Waals surface area (Å²) in [7, 11) is 0. The largest absolute Gasteiger partial charge is 0.310 e. The quantitative estimate of drug-likeness (QED) is 0.170. The molecule has 1 fully saturated rings. The van der Waals surface area contributed by atoms with Crippen LogP contribution in [0.5, 0.6) is 0 Å². The number of rotatable bonds is 5. The van der Waals surface area contributed by atoms with Crippen LogP contribution in [0.3, 0.4) is 0 Å². The Kier molecular flexibility index (Phi) is 6.77. The smallest absolute Gasteiger partial charge is 0.0726 e. The Morgan fingerprint density at radius 2 is 0.914 bits per heavy atom. The maximum Gasteiger partial charge on any atom is 0.0726 e. The molecular weight excluding hydrogens is 699 g/mol. The van der Waals surface area contributed by atoms with Gasteiger partial charge in [0.05, 0.1) is 11.1 Å². The molecule has 0 saturated heterocycles. The normalized spacial score (nSPS) is 16.4. The van der Waals surface area contributed by atoms with Crippen molar-refractivity contribution in [1.82, 2.24) is 0 Å². The van der Waals surface area contributed by atoms with Crippen LogP contribution < -0.4 is 4.90 Å². The topological polar surface area (TPSA) is 3.24 Å². The highest BCUT2D eigenvalue weighted by molar-refractivity contribution is 5.98. The third-order valence-corrected chi connectivity index (χ3v) is 13.8. The van der Waals surface area contributed by atoms with Gasteiger partial charge in [0.2, 0.25) is 0 Å². The SMILES string of the molecule is [2H]C1(c2ccccc2-c2ccccc2N(c2ccc3c(c2)-c2ccccc2C3(C)C)c2ccc3c(c2)C2(c4ccccc4-3)c3cc(C)ccc3-c3ccc(C)cc32)CC1. The average Bonchev–Trinajstić information content (AvgIpc) is 3.79. The van der Waals surface area contributed by atoms with Crippen molar-refractivity contribution in [3.05, 3.63) is 220 Å². The standard InChI is InChI=1S/C57H45N/c1-35-21-27-44-45-28-22-36(2)32-53(45)57(52(44)31-35)51-19-11-8-15-42(51)46-29-25-39(34-54(46)57)58(38-26-30-50-48(33-38)43-16-7-10-18-49(43)56(50,3)4)55-20-12-9-17-47(55)41-14-6-5-13-40(41)37-23-24-37/h5-22,25-34,37H,23-24H2,1-4H3/i37D. The van der Waals surface area contributed by atoms with E-state index >= 15 is 0 Å². The number of hydrogen-bond donors (Lipinski definition) is 0. The van der Waals surface area contributed by atoms with Crippen molar-refractivity contribution in [2.24, 2.45) is 0 Å². The molecule has 0 aliphatic heterocycles. The highest BCUT2D eigenvalue weighted by Crippen LogP contribution is 2.64. The van der Waals surface area contributed by atoms with Crippen molar-refractivity contribution in [2.45, 2.75) is 57.3 Å². The van der Waals surface area contributed by atoms with Gasteiger partial charge in [-0.3, -0.25) is 0 Å². The van der Waals surface area contributed by atoms with E-state index in [1.54, 1.807) is 0 Å². The van der Waals surface area contributed by atoms with E-state index < -0.39 is 11.3 Å². The number of aryl methyl sites for hydroxylation is 2. The molecule has 0 heterocycles. The molecular formula is C57H45N. The summed E-state index contributed by atoms with van der Waals surface area (Å²) >= 11 is 0. The maximum atomic E-state index is 9.35. The van der Waals surface area contributed by atoms with Crippen molar-refractivity contribution in [1.29, 1.82) is 0 Å². The second-order valence-corrected chi connectivity index (χ2v) is 17.5. The first-order valence-electron chi connectivity index (χ1n) is 21.4. The highest BCUT2D eigenvalue weighted by atomic mass is 15.1. The first-order chi connectivity index (χ1) is 28.7. The van der Waals surface area contributed by atoms with Gasteiger partial charge in [0.1, 0.15) is 0 Å². The lowest BCUT2D eigenvalue weighted by atomic mass is 9.70. The Morgan fingerprint density at radius 3 is 1.60 bits per heavy atom. The number of nitrogens with zero attached hydrogens (tertiary/aromatic N) is 1. The van der Waals surface area contributed by atoms with E-state index in [1.165, 1.54) is 77.9 Å². The molecule has 4 aliphatic rings. The van der Waals surface area contributed by atoms with Crippen molar-refractivity contribution < 1.29 is 1.37 Å². The van der Waals surface area contributed by atoms with Crippen molar-refractivity contribution in [3.63, 3.8) is 0 Å². The van der Waals surface area contributed by atoms with Gasteiger partial charge in [-0.25, -0.2) is 0 Å². The van der Waals surface area contributed by atoms with E-state index in [-0.39, 0.29) is 5.41 Å². The molecule has 1 heteroatoms. The molecule has 0 amide bonds. The summed E-state index contributed by atoms with van der Waals surface area (Å²) in [5, 5.41) is 0. The van der Waals surface area contributed by atoms with E-state index in [2.05, 4.69) is 202 Å². The van der Waals surface area contributed by atoms with Gasteiger partial charge in [0, 0.05) is 23.7 Å². The minimum Gasteiger partial charge on any atom is -0.310 e. The Morgan fingerprint density at radius 1 is 0.431 bits per heavy atom. The second kappa shape index (κ2) is 12.0. The van der Waals surface area contributed by atoms with Gasteiger partial charge in [-0.2, -0.15) is 0 Å². The molecule has 58 heavy (non-hydrogen) atoms. The molecule has 0 bridgehead atoms. The summed E-state index contributed by atoms with van der Waals surface area (Å²) in [6.45, 7) is 9.17. The highest BCUT2D eigenvalue weighted by Gasteiger charge is 2.52. The molecule has 0 atom stereocenters. The van der Waals surface area contributed by atoms with Gasteiger partial charge in [0.25, 0.3) is 0 Å². The zero-order valence-corrected chi connectivity index (χ0v) is 33.5. The van der Waals surface area contributed by atoms with Gasteiger partial charge in [0.15, 0.2) is 0 Å². The van der Waals surface area contributed by atoms with Gasteiger partial charge < -0.3 is 4.90 Å². The van der Waals surface area contributed by atoms with Crippen LogP contribution in [0.2, 0.25) is 0 Å². The number of fused-ring (bicyclic) bond motifs is 13. The van der Waals surface area contributed by atoms with E-state index in [4.69, 9.17) is 0 Å². The van der Waals surface area contributed by atoms with Crippen molar-refractivity contribution >= 4 is 17.1 Å². The van der Waals surface area contributed by atoms with Crippen LogP contribution >= 0.6 is 0 Å². The summed E-state index contributed by atoms with van der Waals surface area (Å²) in [4.78, 5) is 2.50. The molecule has 1 nitrogen and oxygen atoms in total. The number of benzene rings is 8. The van der Waals surface area contributed by atoms with Crippen LogP contribution in [-0.4, -0.2) is 0 Å². The van der Waals surface area contributed by atoms with Crippen LogP contribution in [-0.2, 0) is 10.8 Å². The molecule has 8 aromatic rings. The average molecular weight is 745 g/mol. The number of para-hydroxylation sites is 1. The van der Waals surface area contributed by atoms with Crippen LogP contribution in [0, 0.1) is 13.8 Å². The summed E-state index contributed by atoms with van der Waals surface area (Å²) in [5.74, 6) is -0.539. The number of anilines is 3. The molecule has 8 aromatic carbocycles. The summed E-state index contributed by atoms with van der Waals surface area (Å²) in [6, 6.07) is 64.1. The Bertz CT molecular complexity index is 3040. The van der Waals surface area contributed by atoms with E-state index in [9.17, 15) is 1.37 Å². The van der Waals surface area contributed by atoms with E-state index in [0.29, 0.717) is 0 Å². The van der Waals surface area contributed by atoms with Crippen molar-refractivity contribution in [2.75, 3.05) is 4.90 Å². The molecule has 0 aromatic heterocycles. The lowest BCUT2D eigenvalue weighted by Crippen LogP contribution is -2.26. The first-order valence-corrected chi connectivity index (χ1v) is 20.9. The van der Waals surface area contributed by atoms with Gasteiger partial charge in [-0.1, -0.05) is 165 Å². The molecule has 0 unspecified atom stereocenters. The lowest BCUT2D eigenvalue weighted by Gasteiger charge is -2.33. The Hall–Kier alpha value is -6.44. The van der Waals surface area contributed by atoms with E-state index in [1.807, 2.05) is 0 Å². The number of hydrogen-bond acceptors (Lipinski definition) is 1. The van der Waals surface area contributed by atoms with E-state index in [0.717, 1.165) is 46.6 Å². The summed E-state index contributed by atoms with van der Waals surface area (Å²) < 4.78 is 9.35. The van der Waals surface area contributed by atoms with Crippen molar-refractivity contribution in [3.8, 4) is 44.5 Å². The molecule has 0 N–H and O–H groups in total. The monoisotopic (exact) mass is 744 g/mol. The molecule has 0 radical (unpaired) electrons. The summed E-state index contributed by atoms with van der Waals surface area (Å²) in [5.41, 5.74) is 24.7. The van der Waals surface area contributed by atoms with Crippen LogP contribution in [0.25, 0.3) is 44.5 Å². The van der Waals surface area contributed by atoms with Crippen LogP contribution in [0.4, 0.5) is 17.1 Å². The first kappa shape index (κ1) is 32.6. The van der Waals surface area contributed by atoms with Crippen LogP contribution in [0.15, 0.2) is 170 Å². The Balaban J connectivity index is 1.15. The molecule has 4 aliphatic carbocycles. The zero-order chi connectivity index (χ0) is 39.8. The molecule has 1 saturated carbocycles. The summed E-state index contributed by atoms with van der Waals surface area (Å²) in [6.07, 6.45) is 1.79. The lowest BCUT2D eigenvalue weighted by molar-refractivity contribution is 0.660. The fraction of sp³-hybridized carbons (Fsp3) is 0.158. The third kappa shape index (κ3) is 4.53. The third-order valence-electron chi connectivity index (χ3n) is 13.8. The predicted octanol–water partition coefficient (Wildman–Crippen LogP) is 15.0. The van der Waals surface area contributed by atoms with Crippen LogP contribution in [0.1, 0.15) is 84.0 Å². The predicted molar refractivity (Wildman–Crippen MR) is 242 cm³/mol. The molecule has 12 rings (SSSR count). The Labute approximate surface area is 343 Å². The zero-order valence-electron chi connectivity index (χ0n) is 34.5. The minimum absolute atomic E-state index is 0.0932. The molecule has 278 valence electrons. The van der Waals surface area contributed by atoms with Gasteiger partial charge in [-0.15, -0.1) is 0 Å².